The van der Waals surface area contributed by atoms with Crippen LogP contribution in [0, 0.1) is 13.8 Å². The molecule has 5 heterocycles. The number of aromatic nitrogens is 4. The van der Waals surface area contributed by atoms with Crippen LogP contribution < -0.4 is 9.97 Å². The second-order valence-electron chi connectivity index (χ2n) is 11.3. The van der Waals surface area contributed by atoms with Gasteiger partial charge in [-0.2, -0.15) is 0 Å². The Morgan fingerprint density at radius 3 is 2.20 bits per heavy atom. The number of carboxylic acids is 3. The van der Waals surface area contributed by atoms with Crippen molar-refractivity contribution < 1.29 is 29.7 Å². The number of carboxylic acid groups (broad SMARTS) is 3. The smallest absolute Gasteiger partial charge is 0.657 e. The zero-order valence-corrected chi connectivity index (χ0v) is 27.5. The number of carbonyl (C=O) groups is 3. The Morgan fingerprint density at radius 2 is 1.60 bits per heavy atom. The molecule has 0 saturated carbocycles. The van der Waals surface area contributed by atoms with Crippen LogP contribution in [0.3, 0.4) is 0 Å². The molecule has 0 unspecified atom stereocenters. The predicted octanol–water partition coefficient (Wildman–Crippen LogP) is 5.87. The summed E-state index contributed by atoms with van der Waals surface area (Å²) in [4.78, 5) is 56.0. The first-order valence-corrected chi connectivity index (χ1v) is 14.5. The summed E-state index contributed by atoms with van der Waals surface area (Å²) in [6, 6.07) is 5.50. The van der Waals surface area contributed by atoms with E-state index < -0.39 is 30.2 Å². The second-order valence-corrected chi connectivity index (χ2v) is 11.3. The van der Waals surface area contributed by atoms with Crippen molar-refractivity contribution in [1.29, 1.82) is 0 Å². The third kappa shape index (κ3) is 6.06. The van der Waals surface area contributed by atoms with Gasteiger partial charge < -0.3 is 25.3 Å². The summed E-state index contributed by atoms with van der Waals surface area (Å²) in [6.07, 6.45) is 1.90. The van der Waals surface area contributed by atoms with E-state index in [1.54, 1.807) is 19.1 Å². The van der Waals surface area contributed by atoms with Gasteiger partial charge in [-0.05, 0) is 55.9 Å². The maximum Gasteiger partial charge on any atom is 2.00 e. The van der Waals surface area contributed by atoms with Gasteiger partial charge in [0.2, 0.25) is 0 Å². The van der Waals surface area contributed by atoms with Gasteiger partial charge in [0, 0.05) is 35.2 Å². The van der Waals surface area contributed by atoms with E-state index in [0.717, 1.165) is 28.0 Å². The van der Waals surface area contributed by atoms with Gasteiger partial charge >= 0.3 is 41.0 Å². The quantitative estimate of drug-likeness (QED) is 0.260. The predicted molar refractivity (Wildman–Crippen MR) is 173 cm³/mol. The number of nitrogens with zero attached hydrogens (tertiary/aromatic N) is 4. The summed E-state index contributed by atoms with van der Waals surface area (Å²) < 4.78 is 0. The van der Waals surface area contributed by atoms with Crippen molar-refractivity contribution in [3.8, 4) is 0 Å². The van der Waals surface area contributed by atoms with Crippen molar-refractivity contribution in [2.75, 3.05) is 0 Å². The maximum atomic E-state index is 12.7. The number of allylic oxidation sites excluding steroid dienone is 2. The van der Waals surface area contributed by atoms with Crippen LogP contribution in [0.1, 0.15) is 107 Å². The molecule has 228 valence electrons. The van der Waals surface area contributed by atoms with Crippen molar-refractivity contribution in [3.05, 3.63) is 75.4 Å². The van der Waals surface area contributed by atoms with E-state index in [1.807, 2.05) is 39.8 Å². The van der Waals surface area contributed by atoms with Crippen LogP contribution in [-0.2, 0) is 16.0 Å². The van der Waals surface area contributed by atoms with Gasteiger partial charge in [0.15, 0.2) is 0 Å². The molecule has 0 saturated heterocycles. The Kier molecular flexibility index (Phi) is 9.74. The molecule has 3 N–H and O–H groups in total. The maximum absolute atomic E-state index is 12.7. The van der Waals surface area contributed by atoms with Crippen LogP contribution in [0.15, 0.2) is 24.8 Å². The number of fused-ring (bicyclic) bond motifs is 8. The summed E-state index contributed by atoms with van der Waals surface area (Å²) in [5, 5.41) is 29.8. The molecule has 0 amide bonds. The van der Waals surface area contributed by atoms with Crippen molar-refractivity contribution in [2.24, 2.45) is 0 Å². The normalized spacial score (nSPS) is 15.9. The van der Waals surface area contributed by atoms with E-state index >= 15 is 0 Å². The molecule has 2 aliphatic heterocycles. The number of aryl methyl sites for hydroxylation is 2. The monoisotopic (exact) mass is 618 g/mol. The molecule has 45 heavy (non-hydrogen) atoms. The first kappa shape index (κ1) is 33.7. The molecule has 0 radical (unpaired) electrons. The Morgan fingerprint density at radius 1 is 0.933 bits per heavy atom. The number of rotatable bonds is 8. The summed E-state index contributed by atoms with van der Waals surface area (Å²) in [6.45, 7) is 13.5. The minimum Gasteiger partial charge on any atom is -0.657 e. The van der Waals surface area contributed by atoms with Crippen LogP contribution >= 0.6 is 0 Å². The van der Waals surface area contributed by atoms with E-state index in [9.17, 15) is 29.7 Å². The molecule has 3 aromatic heterocycles. The van der Waals surface area contributed by atoms with Gasteiger partial charge in [-0.1, -0.05) is 55.8 Å². The van der Waals surface area contributed by atoms with E-state index in [4.69, 9.17) is 19.9 Å². The van der Waals surface area contributed by atoms with Crippen molar-refractivity contribution in [3.63, 3.8) is 0 Å². The topological polar surface area (TPSA) is 166 Å². The van der Waals surface area contributed by atoms with Gasteiger partial charge in [-0.15, -0.1) is 22.1 Å². The Bertz CT molecular complexity index is 1950. The van der Waals surface area contributed by atoms with Crippen molar-refractivity contribution in [2.45, 2.75) is 72.1 Å². The first-order valence-electron chi connectivity index (χ1n) is 14.5. The average molecular weight is 619 g/mol. The zero-order valence-electron chi connectivity index (χ0n) is 26.1. The van der Waals surface area contributed by atoms with Crippen LogP contribution in [0.2, 0.25) is 0 Å². The minimum atomic E-state index is -1.24. The SMILES string of the molecule is C=Cc1c(C)c2cc3nc(c(CC(=O)O)c4[n-]c(cc5nc(cc1[n-]2)C(C)=C5CC)c(C)c4C(=O)O)[C@@H](CCC(=O)O)[C@@H]3C.[Mg+2]. The molecular weight excluding hydrogens is 585 g/mol. The van der Waals surface area contributed by atoms with E-state index in [0.29, 0.717) is 45.6 Å². The largest absolute Gasteiger partial charge is 2.00 e. The molecule has 0 aliphatic carbocycles. The Balaban J connectivity index is 0.00000461. The fraction of sp³-hybridized carbons (Fsp3) is 0.324. The molecule has 3 aromatic rings. The number of aliphatic carboxylic acids is 2. The molecule has 0 fully saturated rings. The average Bonchev–Trinajstić information content (AvgIpc) is 3.63. The molecule has 2 aliphatic rings. The van der Waals surface area contributed by atoms with Crippen molar-refractivity contribution in [1.82, 2.24) is 19.9 Å². The summed E-state index contributed by atoms with van der Waals surface area (Å²) in [5.74, 6) is -4.21. The second kappa shape index (κ2) is 13.0. The molecule has 0 aromatic carbocycles. The zero-order chi connectivity index (χ0) is 32.0. The van der Waals surface area contributed by atoms with Gasteiger partial charge in [0.05, 0.1) is 17.8 Å². The molecule has 0 spiro atoms. The number of aromatic carboxylic acids is 1. The minimum absolute atomic E-state index is 0. The van der Waals surface area contributed by atoms with E-state index in [1.165, 1.54) is 0 Å². The molecule has 10 nitrogen and oxygen atoms in total. The van der Waals surface area contributed by atoms with Crippen LogP contribution in [0.25, 0.3) is 39.3 Å². The summed E-state index contributed by atoms with van der Waals surface area (Å²) in [5.41, 5.74) is 8.16. The van der Waals surface area contributed by atoms with Gasteiger partial charge in [-0.3, -0.25) is 14.6 Å². The number of hydrogen-bond acceptors (Lipinski definition) is 5. The van der Waals surface area contributed by atoms with Crippen LogP contribution in [-0.4, -0.2) is 66.2 Å². The van der Waals surface area contributed by atoms with Gasteiger partial charge in [0.25, 0.3) is 0 Å². The fourth-order valence-electron chi connectivity index (χ4n) is 6.37. The Hall–Kier alpha value is -4.22. The fourth-order valence-corrected chi connectivity index (χ4v) is 6.37. The van der Waals surface area contributed by atoms with E-state index in [-0.39, 0.29) is 58.5 Å². The standard InChI is InChI=1S/C34H36N4O6.Mg/c1-7-19-15(3)23-12-25-17(5)21(9-10-29(39)40)32(37-25)22(11-30(41)42)33-31(34(43)44)18(6)26(38-33)14-28-20(8-2)16(4)24(36-28)13-27(19)35-23;/h7,12-14,17,21H,1,8-11H2,2-6H3,(H5,35,36,37,38,39,40,41,42,43,44);/q;+2/p-2/t17-,21-;/m0./s1. The van der Waals surface area contributed by atoms with Crippen molar-refractivity contribution >= 4 is 80.2 Å². The first-order chi connectivity index (χ1) is 20.9. The van der Waals surface area contributed by atoms with Crippen LogP contribution in [0.4, 0.5) is 0 Å². The van der Waals surface area contributed by atoms with Gasteiger partial charge in [0.1, 0.15) is 0 Å². The Labute approximate surface area is 276 Å². The summed E-state index contributed by atoms with van der Waals surface area (Å²) >= 11 is 0. The third-order valence-corrected chi connectivity index (χ3v) is 8.79. The molecule has 5 rings (SSSR count). The molecule has 2 atom stereocenters. The molecule has 8 bridgehead atoms. The van der Waals surface area contributed by atoms with Gasteiger partial charge in [-0.25, -0.2) is 9.78 Å². The number of hydrogen-bond donors (Lipinski definition) is 3. The van der Waals surface area contributed by atoms with E-state index in [2.05, 4.69) is 6.58 Å². The third-order valence-electron chi connectivity index (χ3n) is 8.79. The van der Waals surface area contributed by atoms with Crippen LogP contribution in [0.5, 0.6) is 0 Å². The summed E-state index contributed by atoms with van der Waals surface area (Å²) in [7, 11) is 0. The molecule has 11 heteroatoms. The molecular formula is C34H34MgN4O6.